The van der Waals surface area contributed by atoms with E-state index in [0.29, 0.717) is 11.3 Å². The minimum atomic E-state index is -0.490. The second-order valence-electron chi connectivity index (χ2n) is 5.31. The molecule has 4 nitrogen and oxygen atoms in total. The third kappa shape index (κ3) is 3.50. The molecule has 0 fully saturated rings. The van der Waals surface area contributed by atoms with Gasteiger partial charge in [-0.25, -0.2) is 4.39 Å². The van der Waals surface area contributed by atoms with Gasteiger partial charge in [0.25, 0.3) is 0 Å². The Morgan fingerprint density at radius 1 is 1.36 bits per heavy atom. The first-order valence-corrected chi connectivity index (χ1v) is 7.88. The number of rotatable bonds is 4. The second kappa shape index (κ2) is 6.96. The Morgan fingerprint density at radius 2 is 2.00 bits per heavy atom. The maximum atomic E-state index is 13.1. The lowest BCUT2D eigenvalue weighted by Crippen LogP contribution is -2.43. The highest BCUT2D eigenvalue weighted by atomic mass is 32.2. The summed E-state index contributed by atoms with van der Waals surface area (Å²) < 4.78 is 17.8. The normalized spacial score (nSPS) is 18.4. The topological polar surface area (TPSA) is 46.6 Å². The number of hydrogen-bond donors (Lipinski definition) is 0. The van der Waals surface area contributed by atoms with Gasteiger partial charge in [-0.2, -0.15) is 0 Å². The van der Waals surface area contributed by atoms with Crippen LogP contribution in [0.15, 0.2) is 29.7 Å². The third-order valence-corrected chi connectivity index (χ3v) is 4.79. The van der Waals surface area contributed by atoms with Gasteiger partial charge in [0.1, 0.15) is 12.4 Å². The molecular formula is C16H18FNO3S. The van der Waals surface area contributed by atoms with E-state index in [4.69, 9.17) is 0 Å². The third-order valence-electron chi connectivity index (χ3n) is 3.39. The average Bonchev–Trinajstić information content (AvgIpc) is 2.49. The predicted molar refractivity (Wildman–Crippen MR) is 84.3 cm³/mol. The number of nitrogens with zero attached hydrogens (tertiary/aromatic N) is 1. The lowest BCUT2D eigenvalue weighted by atomic mass is 10.1. The van der Waals surface area contributed by atoms with Gasteiger partial charge in [0.15, 0.2) is 0 Å². The Balaban J connectivity index is 2.37. The Hall–Kier alpha value is -1.82. The van der Waals surface area contributed by atoms with E-state index in [2.05, 4.69) is 4.74 Å². The lowest BCUT2D eigenvalue weighted by Gasteiger charge is -2.33. The van der Waals surface area contributed by atoms with Crippen LogP contribution < -0.4 is 0 Å². The van der Waals surface area contributed by atoms with Gasteiger partial charge in [-0.1, -0.05) is 13.8 Å². The number of thioether (sulfide) groups is 1. The van der Waals surface area contributed by atoms with E-state index in [0.717, 1.165) is 0 Å². The summed E-state index contributed by atoms with van der Waals surface area (Å²) in [5.41, 5.74) is 1.28. The smallest absolute Gasteiger partial charge is 0.325 e. The average molecular weight is 323 g/mol. The van der Waals surface area contributed by atoms with Crippen LogP contribution in [-0.4, -0.2) is 35.7 Å². The molecular weight excluding hydrogens is 305 g/mol. The van der Waals surface area contributed by atoms with Crippen LogP contribution in [0.2, 0.25) is 0 Å². The van der Waals surface area contributed by atoms with Gasteiger partial charge in [-0.05, 0) is 41.2 Å². The predicted octanol–water partition coefficient (Wildman–Crippen LogP) is 2.90. The number of hydrogen-bond acceptors (Lipinski definition) is 4. The molecule has 1 aromatic carbocycles. The number of esters is 1. The molecule has 2 rings (SSSR count). The van der Waals surface area contributed by atoms with Crippen molar-refractivity contribution < 1.29 is 18.7 Å². The Labute approximate surface area is 133 Å². The number of methoxy groups -OCH3 is 1. The maximum Gasteiger partial charge on any atom is 0.325 e. The largest absolute Gasteiger partial charge is 0.468 e. The lowest BCUT2D eigenvalue weighted by molar-refractivity contribution is -0.145. The van der Waals surface area contributed by atoms with Crippen LogP contribution in [0, 0.1) is 11.7 Å². The van der Waals surface area contributed by atoms with Gasteiger partial charge in [0.05, 0.1) is 18.1 Å². The minimum Gasteiger partial charge on any atom is -0.468 e. The summed E-state index contributed by atoms with van der Waals surface area (Å²) in [5.74, 6) is -0.828. The van der Waals surface area contributed by atoms with E-state index in [-0.39, 0.29) is 29.4 Å². The Morgan fingerprint density at radius 3 is 2.55 bits per heavy atom. The number of halogens is 1. The molecule has 0 saturated carbocycles. The highest BCUT2D eigenvalue weighted by Crippen LogP contribution is 2.35. The van der Waals surface area contributed by atoms with E-state index in [1.165, 1.54) is 35.9 Å². The summed E-state index contributed by atoms with van der Waals surface area (Å²) >= 11 is 1.43. The maximum absolute atomic E-state index is 13.1. The van der Waals surface area contributed by atoms with Gasteiger partial charge in [0.2, 0.25) is 5.91 Å². The van der Waals surface area contributed by atoms with Crippen molar-refractivity contribution in [2.24, 2.45) is 5.92 Å². The molecule has 1 aromatic rings. The Kier molecular flexibility index (Phi) is 5.24. The number of ether oxygens (including phenoxy) is 1. The summed E-state index contributed by atoms with van der Waals surface area (Å²) in [6.45, 7) is 3.77. The number of carbonyl (C=O) groups is 2. The Bertz CT molecular complexity index is 598. The van der Waals surface area contributed by atoms with Gasteiger partial charge in [-0.15, -0.1) is 11.8 Å². The van der Waals surface area contributed by atoms with Crippen LogP contribution in [0.5, 0.6) is 0 Å². The van der Waals surface area contributed by atoms with Crippen molar-refractivity contribution in [1.29, 1.82) is 0 Å². The van der Waals surface area contributed by atoms with Crippen LogP contribution in [0.3, 0.4) is 0 Å². The summed E-state index contributed by atoms with van der Waals surface area (Å²) in [7, 11) is 1.28. The van der Waals surface area contributed by atoms with Gasteiger partial charge in [0, 0.05) is 0 Å². The first-order chi connectivity index (χ1) is 10.4. The van der Waals surface area contributed by atoms with Crippen molar-refractivity contribution in [3.63, 3.8) is 0 Å². The van der Waals surface area contributed by atoms with Crippen LogP contribution in [-0.2, 0) is 14.3 Å². The zero-order valence-corrected chi connectivity index (χ0v) is 13.5. The molecule has 0 unspecified atom stereocenters. The molecule has 1 aliphatic heterocycles. The van der Waals surface area contributed by atoms with Crippen molar-refractivity contribution in [1.82, 2.24) is 4.90 Å². The quantitative estimate of drug-likeness (QED) is 0.799. The molecule has 0 radical (unpaired) electrons. The highest BCUT2D eigenvalue weighted by molar-refractivity contribution is 8.03. The molecule has 118 valence electrons. The molecule has 1 heterocycles. The van der Waals surface area contributed by atoms with Crippen LogP contribution in [0.4, 0.5) is 4.39 Å². The van der Waals surface area contributed by atoms with E-state index in [1.54, 1.807) is 12.1 Å². The fraction of sp³-hybridized carbons (Fsp3) is 0.375. The van der Waals surface area contributed by atoms with Gasteiger partial charge >= 0.3 is 5.97 Å². The van der Waals surface area contributed by atoms with E-state index in [9.17, 15) is 14.0 Å². The summed E-state index contributed by atoms with van der Waals surface area (Å²) in [5, 5.41) is 1.61. The molecule has 1 amide bonds. The number of amides is 1. The minimum absolute atomic E-state index is 0.132. The summed E-state index contributed by atoms with van der Waals surface area (Å²) in [6.07, 6.45) is 0. The fourth-order valence-corrected chi connectivity index (χ4v) is 3.27. The molecule has 1 atom stereocenters. The van der Waals surface area contributed by atoms with Crippen LogP contribution >= 0.6 is 11.8 Å². The molecule has 0 spiro atoms. The molecule has 0 N–H and O–H groups in total. The molecule has 0 saturated heterocycles. The molecule has 0 aliphatic carbocycles. The number of carbonyl (C=O) groups excluding carboxylic acids is 2. The van der Waals surface area contributed by atoms with Crippen molar-refractivity contribution in [3.8, 4) is 0 Å². The zero-order valence-electron chi connectivity index (χ0n) is 12.7. The summed E-state index contributed by atoms with van der Waals surface area (Å²) in [6, 6.07) is 5.84. The monoisotopic (exact) mass is 323 g/mol. The van der Waals surface area contributed by atoms with Crippen LogP contribution in [0.1, 0.15) is 19.4 Å². The van der Waals surface area contributed by atoms with Crippen molar-refractivity contribution in [3.05, 3.63) is 41.1 Å². The SMILES string of the molecule is COC(=O)CN1C(=O)[C@H](C(C)C)SC=C1c1ccc(F)cc1. The highest BCUT2D eigenvalue weighted by Gasteiger charge is 2.34. The fourth-order valence-electron chi connectivity index (χ4n) is 2.18. The van der Waals surface area contributed by atoms with Crippen molar-refractivity contribution in [2.75, 3.05) is 13.7 Å². The van der Waals surface area contributed by atoms with Crippen LogP contribution in [0.25, 0.3) is 5.70 Å². The zero-order chi connectivity index (χ0) is 16.3. The number of benzene rings is 1. The van der Waals surface area contributed by atoms with E-state index in [1.807, 2.05) is 19.3 Å². The standard InChI is InChI=1S/C16H18FNO3S/c1-10(2)15-16(20)18(8-14(19)21-3)13(9-22-15)11-4-6-12(17)7-5-11/h4-7,9-10,15H,8H2,1-3H3/t15-/m0/s1. The molecule has 6 heteroatoms. The first-order valence-electron chi connectivity index (χ1n) is 6.93. The molecule has 0 aromatic heterocycles. The van der Waals surface area contributed by atoms with E-state index < -0.39 is 5.97 Å². The molecule has 22 heavy (non-hydrogen) atoms. The first kappa shape index (κ1) is 16.5. The molecule has 1 aliphatic rings. The second-order valence-corrected chi connectivity index (χ2v) is 6.33. The van der Waals surface area contributed by atoms with E-state index >= 15 is 0 Å². The molecule has 0 bridgehead atoms. The van der Waals surface area contributed by atoms with Gasteiger partial charge < -0.3 is 4.74 Å². The van der Waals surface area contributed by atoms with Crippen molar-refractivity contribution >= 4 is 29.3 Å². The van der Waals surface area contributed by atoms with Gasteiger partial charge in [-0.3, -0.25) is 14.5 Å². The van der Waals surface area contributed by atoms with Crippen molar-refractivity contribution in [2.45, 2.75) is 19.1 Å². The summed E-state index contributed by atoms with van der Waals surface area (Å²) in [4.78, 5) is 25.7.